The Labute approximate surface area is 242 Å². The number of fused-ring (bicyclic) bond motifs is 1. The van der Waals surface area contributed by atoms with Crippen molar-refractivity contribution in [1.82, 2.24) is 10.2 Å². The topological polar surface area (TPSA) is 88.1 Å². The Hall–Kier alpha value is -1.22. The number of aliphatic hydroxyl groups is 1. The molecule has 5 aliphatic rings. The van der Waals surface area contributed by atoms with E-state index in [1.807, 2.05) is 7.11 Å². The lowest BCUT2D eigenvalue weighted by molar-refractivity contribution is -0.150. The summed E-state index contributed by atoms with van der Waals surface area (Å²) in [4.78, 5) is 28.6. The van der Waals surface area contributed by atoms with Crippen molar-refractivity contribution in [3.8, 4) is 0 Å². The van der Waals surface area contributed by atoms with E-state index in [9.17, 15) is 14.7 Å². The number of nitrogens with one attached hydrogen (secondary N) is 1. The van der Waals surface area contributed by atoms with Crippen molar-refractivity contribution in [2.75, 3.05) is 20.3 Å². The van der Waals surface area contributed by atoms with E-state index in [1.54, 1.807) is 6.92 Å². The number of allylic oxidation sites excluding steroid dienone is 1. The van der Waals surface area contributed by atoms with Gasteiger partial charge in [0.05, 0.1) is 20.3 Å². The summed E-state index contributed by atoms with van der Waals surface area (Å²) in [5.74, 6) is 0.718. The SMILES string of the molecule is COC1CCC([Si](C)(C)[C@@H]2[C@@H](CCO)O[C@]3(C(=O)N(CC4CCCC(NC(C)=O)C4)C4=C3CCCC4)[C@H]2C)CC1. The standard InChI is InChI=1S/C32H54N2O5Si/c1-21-30(40(4,5)26-15-13-25(38-3)14-16-26)29(17-18-35)39-32(21)27-11-6-7-12-28(27)34(31(32)37)20-23-9-8-10-24(19-23)33-22(2)36/h21,23-26,29-30,35H,6-20H2,1-5H3,(H,33,36)/t21-,23?,24?,25?,26?,29+,30-,32+/m0/s1. The van der Waals surface area contributed by atoms with E-state index in [0.717, 1.165) is 70.8 Å². The van der Waals surface area contributed by atoms with Crippen LogP contribution in [0.2, 0.25) is 24.2 Å². The van der Waals surface area contributed by atoms with Gasteiger partial charge in [-0.25, -0.2) is 0 Å². The second-order valence-corrected chi connectivity index (χ2v) is 19.4. The average Bonchev–Trinajstić information content (AvgIpc) is 3.36. The smallest absolute Gasteiger partial charge is 0.263 e. The molecule has 0 aromatic heterocycles. The van der Waals surface area contributed by atoms with Gasteiger partial charge in [0.2, 0.25) is 5.91 Å². The molecule has 0 radical (unpaired) electrons. The third-order valence-corrected chi connectivity index (χ3v) is 16.9. The predicted molar refractivity (Wildman–Crippen MR) is 159 cm³/mol. The number of aliphatic hydroxyl groups excluding tert-OH is 1. The Morgan fingerprint density at radius 3 is 2.52 bits per heavy atom. The summed E-state index contributed by atoms with van der Waals surface area (Å²) in [6, 6.07) is 0.211. The second kappa shape index (κ2) is 12.2. The normalized spacial score (nSPS) is 38.7. The van der Waals surface area contributed by atoms with Crippen LogP contribution in [0.1, 0.15) is 97.3 Å². The molecular weight excluding hydrogens is 520 g/mol. The van der Waals surface area contributed by atoms with E-state index in [0.29, 0.717) is 29.5 Å². The molecule has 3 aliphatic carbocycles. The molecule has 1 spiro atoms. The third-order valence-electron chi connectivity index (χ3n) is 11.7. The first kappa shape index (κ1) is 30.2. The fraction of sp³-hybridized carbons (Fsp3) is 0.875. The maximum atomic E-state index is 14.7. The summed E-state index contributed by atoms with van der Waals surface area (Å²) in [7, 11) is -0.0343. The number of carbonyl (C=O) groups is 2. The summed E-state index contributed by atoms with van der Waals surface area (Å²) in [5, 5.41) is 13.3. The highest BCUT2D eigenvalue weighted by Crippen LogP contribution is 2.61. The lowest BCUT2D eigenvalue weighted by Gasteiger charge is -2.44. The van der Waals surface area contributed by atoms with Crippen LogP contribution in [0.5, 0.6) is 0 Å². The Bertz CT molecular complexity index is 976. The number of ether oxygens (including phenoxy) is 2. The summed E-state index contributed by atoms with van der Waals surface area (Å²) >= 11 is 0. The van der Waals surface area contributed by atoms with Crippen LogP contribution in [0.3, 0.4) is 0 Å². The van der Waals surface area contributed by atoms with Crippen molar-refractivity contribution < 1.29 is 24.2 Å². The van der Waals surface area contributed by atoms with Gasteiger partial charge in [0.15, 0.2) is 5.60 Å². The Balaban J connectivity index is 1.42. The first-order valence-corrected chi connectivity index (χ1v) is 19.4. The molecule has 0 aromatic carbocycles. The average molecular weight is 575 g/mol. The van der Waals surface area contributed by atoms with Gasteiger partial charge in [0, 0.05) is 44.8 Å². The summed E-state index contributed by atoms with van der Waals surface area (Å²) in [6.45, 7) is 9.82. The monoisotopic (exact) mass is 574 g/mol. The quantitative estimate of drug-likeness (QED) is 0.372. The summed E-state index contributed by atoms with van der Waals surface area (Å²) in [6.07, 6.45) is 13.9. The molecule has 0 bridgehead atoms. The third kappa shape index (κ3) is 5.35. The highest BCUT2D eigenvalue weighted by atomic mass is 28.3. The molecule has 7 nitrogen and oxygen atoms in total. The van der Waals surface area contributed by atoms with Crippen molar-refractivity contribution in [3.05, 3.63) is 11.3 Å². The molecule has 5 rings (SSSR count). The van der Waals surface area contributed by atoms with Gasteiger partial charge < -0.3 is 24.8 Å². The number of carbonyl (C=O) groups excluding carboxylic acids is 2. The lowest BCUT2D eigenvalue weighted by Crippen LogP contribution is -2.51. The fourth-order valence-corrected chi connectivity index (χ4v) is 14.8. The van der Waals surface area contributed by atoms with Gasteiger partial charge in [-0.1, -0.05) is 39.3 Å². The predicted octanol–water partition coefficient (Wildman–Crippen LogP) is 5.55. The van der Waals surface area contributed by atoms with Crippen molar-refractivity contribution in [1.29, 1.82) is 0 Å². The number of rotatable bonds is 8. The molecule has 2 amide bonds. The molecule has 40 heavy (non-hydrogen) atoms. The van der Waals surface area contributed by atoms with Gasteiger partial charge in [-0.05, 0) is 86.8 Å². The maximum absolute atomic E-state index is 14.7. The van der Waals surface area contributed by atoms with Crippen molar-refractivity contribution in [2.45, 2.75) is 145 Å². The van der Waals surface area contributed by atoms with Crippen LogP contribution >= 0.6 is 0 Å². The molecule has 8 heteroatoms. The van der Waals surface area contributed by atoms with E-state index in [4.69, 9.17) is 9.47 Å². The van der Waals surface area contributed by atoms with Crippen molar-refractivity contribution >= 4 is 19.9 Å². The number of methoxy groups -OCH3 is 1. The number of amides is 2. The van der Waals surface area contributed by atoms with Crippen LogP contribution in [0, 0.1) is 11.8 Å². The van der Waals surface area contributed by atoms with Crippen LogP contribution in [0.4, 0.5) is 0 Å². The largest absolute Gasteiger partial charge is 0.396 e. The Morgan fingerprint density at radius 2 is 1.85 bits per heavy atom. The molecule has 3 fully saturated rings. The van der Waals surface area contributed by atoms with E-state index >= 15 is 0 Å². The van der Waals surface area contributed by atoms with E-state index in [2.05, 4.69) is 30.2 Å². The highest BCUT2D eigenvalue weighted by molar-refractivity contribution is 6.80. The van der Waals surface area contributed by atoms with Gasteiger partial charge in [-0.3, -0.25) is 9.59 Å². The molecular formula is C32H54N2O5Si. The van der Waals surface area contributed by atoms with Crippen LogP contribution in [-0.4, -0.2) is 74.0 Å². The highest BCUT2D eigenvalue weighted by Gasteiger charge is 2.67. The minimum Gasteiger partial charge on any atom is -0.396 e. The first-order chi connectivity index (χ1) is 19.1. The van der Waals surface area contributed by atoms with Crippen LogP contribution in [-0.2, 0) is 19.1 Å². The number of hydrogen-bond acceptors (Lipinski definition) is 5. The number of nitrogens with zero attached hydrogens (tertiary/aromatic N) is 1. The minimum atomic E-state index is -1.87. The number of hydrogen-bond donors (Lipinski definition) is 2. The zero-order valence-corrected chi connectivity index (χ0v) is 26.7. The summed E-state index contributed by atoms with van der Waals surface area (Å²) in [5.41, 5.74) is 2.67. The zero-order valence-electron chi connectivity index (χ0n) is 25.7. The molecule has 2 aliphatic heterocycles. The Morgan fingerprint density at radius 1 is 1.12 bits per heavy atom. The molecule has 2 saturated carbocycles. The molecule has 226 valence electrons. The van der Waals surface area contributed by atoms with E-state index < -0.39 is 13.7 Å². The van der Waals surface area contributed by atoms with Gasteiger partial charge >= 0.3 is 0 Å². The van der Waals surface area contributed by atoms with Crippen LogP contribution < -0.4 is 5.32 Å². The Kier molecular flexibility index (Phi) is 9.21. The molecule has 2 N–H and O–H groups in total. The minimum absolute atomic E-state index is 0.0377. The van der Waals surface area contributed by atoms with Gasteiger partial charge in [-0.15, -0.1) is 0 Å². The van der Waals surface area contributed by atoms with Crippen LogP contribution in [0.25, 0.3) is 0 Å². The maximum Gasteiger partial charge on any atom is 0.263 e. The van der Waals surface area contributed by atoms with E-state index in [1.165, 1.54) is 24.1 Å². The first-order valence-electron chi connectivity index (χ1n) is 16.3. The molecule has 0 aromatic rings. The lowest BCUT2D eigenvalue weighted by atomic mass is 9.78. The van der Waals surface area contributed by atoms with Crippen molar-refractivity contribution in [3.63, 3.8) is 0 Å². The molecule has 6 atom stereocenters. The van der Waals surface area contributed by atoms with Gasteiger partial charge in [-0.2, -0.15) is 0 Å². The summed E-state index contributed by atoms with van der Waals surface area (Å²) < 4.78 is 12.8. The molecule has 1 saturated heterocycles. The van der Waals surface area contributed by atoms with Crippen LogP contribution in [0.15, 0.2) is 11.3 Å². The van der Waals surface area contributed by atoms with Gasteiger partial charge in [0.25, 0.3) is 5.91 Å². The van der Waals surface area contributed by atoms with Gasteiger partial charge in [0.1, 0.15) is 0 Å². The second-order valence-electron chi connectivity index (χ2n) is 14.2. The fourth-order valence-electron chi connectivity index (χ4n) is 9.76. The van der Waals surface area contributed by atoms with E-state index in [-0.39, 0.29) is 36.5 Å². The zero-order chi connectivity index (χ0) is 28.7. The van der Waals surface area contributed by atoms with Crippen molar-refractivity contribution in [2.24, 2.45) is 11.8 Å². The molecule has 2 unspecified atom stereocenters. The molecule has 2 heterocycles.